The molecule has 9 rings (SSSR count). The second kappa shape index (κ2) is 12.1. The topological polar surface area (TPSA) is 119 Å². The zero-order chi connectivity index (χ0) is 35.5. The fourth-order valence-corrected chi connectivity index (χ4v) is 6.97. The monoisotopic (exact) mass is 679 g/mol. The molecule has 1 fully saturated rings. The molecule has 6 aromatic rings. The van der Waals surface area contributed by atoms with Crippen LogP contribution < -0.4 is 9.80 Å². The number of nitrogens with zero attached hydrogens (tertiary/aromatic N) is 7. The van der Waals surface area contributed by atoms with Gasteiger partial charge in [-0.15, -0.1) is 0 Å². The van der Waals surface area contributed by atoms with Crippen molar-refractivity contribution in [2.45, 2.75) is 44.6 Å². The maximum absolute atomic E-state index is 13.0. The Bertz CT molecular complexity index is 2270. The van der Waals surface area contributed by atoms with Gasteiger partial charge in [-0.3, -0.25) is 19.6 Å². The fraction of sp³-hybridized carbons (Fsp3) is 0.250. The SMILES string of the molecule is CC1(C)C(=O)N(C2COC2)c2cc(-n3cc(-c4cccnc4)cn3)ccc21.CN1C(=O)C(C)(C)c2ccc(-c3coc(-c4cccnc4)n3)cc21. The summed E-state index contributed by atoms with van der Waals surface area (Å²) in [6, 6.07) is 19.9. The molecular weight excluding hydrogens is 642 g/mol. The molecule has 0 unspecified atom stereocenters. The standard InChI is InChI=1S/C21H20N4O2.C19H17N3O2/c1-21(2)18-6-5-16(8-19(18)25(20(21)26)17-12-27-13-17)24-11-15(10-23-24)14-4-3-7-22-9-14;1-19(2)14-7-6-12(9-16(14)22(3)18(19)23)15-11-24-17(21-15)13-5-4-8-20-10-13/h3-11,17H,12-13H2,1-2H3;4-11H,1-3H3. The van der Waals surface area contributed by atoms with E-state index in [0.717, 1.165) is 56.1 Å². The quantitative estimate of drug-likeness (QED) is 0.200. The Hall–Kier alpha value is -5.94. The van der Waals surface area contributed by atoms with Gasteiger partial charge < -0.3 is 19.0 Å². The highest BCUT2D eigenvalue weighted by molar-refractivity contribution is 6.09. The molecule has 1 saturated heterocycles. The molecule has 0 aliphatic carbocycles. The molecule has 2 aromatic carbocycles. The Morgan fingerprint density at radius 3 is 2.12 bits per heavy atom. The van der Waals surface area contributed by atoms with Crippen molar-refractivity contribution in [3.8, 4) is 39.5 Å². The van der Waals surface area contributed by atoms with Crippen LogP contribution in [0.25, 0.3) is 39.5 Å². The number of likely N-dealkylation sites (N-methyl/N-ethyl adjacent to an activating group) is 1. The predicted octanol–water partition coefficient (Wildman–Crippen LogP) is 6.61. The number of fused-ring (bicyclic) bond motifs is 2. The van der Waals surface area contributed by atoms with Gasteiger partial charge in [0.1, 0.15) is 12.0 Å². The molecule has 3 aliphatic rings. The zero-order valence-corrected chi connectivity index (χ0v) is 29.1. The number of ether oxygens (including phenoxy) is 1. The van der Waals surface area contributed by atoms with Crippen molar-refractivity contribution in [2.75, 3.05) is 30.1 Å². The van der Waals surface area contributed by atoms with Gasteiger partial charge in [-0.1, -0.05) is 24.3 Å². The molecule has 3 aliphatic heterocycles. The smallest absolute Gasteiger partial charge is 0.237 e. The molecule has 0 spiro atoms. The van der Waals surface area contributed by atoms with Crippen molar-refractivity contribution >= 4 is 23.2 Å². The van der Waals surface area contributed by atoms with E-state index < -0.39 is 10.8 Å². The van der Waals surface area contributed by atoms with Crippen molar-refractivity contribution in [2.24, 2.45) is 0 Å². The first-order valence-electron chi connectivity index (χ1n) is 16.8. The molecule has 11 heteroatoms. The second-order valence-electron chi connectivity index (χ2n) is 14.1. The van der Waals surface area contributed by atoms with E-state index in [2.05, 4.69) is 26.1 Å². The van der Waals surface area contributed by atoms with Gasteiger partial charge in [0, 0.05) is 60.4 Å². The lowest BCUT2D eigenvalue weighted by molar-refractivity contribution is -0.124. The summed E-state index contributed by atoms with van der Waals surface area (Å²) in [5, 5.41) is 4.51. The van der Waals surface area contributed by atoms with Crippen LogP contribution in [0.1, 0.15) is 38.8 Å². The number of anilines is 2. The lowest BCUT2D eigenvalue weighted by Gasteiger charge is -2.35. The van der Waals surface area contributed by atoms with E-state index >= 15 is 0 Å². The first-order valence-corrected chi connectivity index (χ1v) is 16.8. The van der Waals surface area contributed by atoms with E-state index in [1.165, 1.54) is 0 Å². The van der Waals surface area contributed by atoms with Crippen LogP contribution in [0.5, 0.6) is 0 Å². The van der Waals surface area contributed by atoms with E-state index in [4.69, 9.17) is 9.15 Å². The number of pyridine rings is 2. The van der Waals surface area contributed by atoms with Gasteiger partial charge in [0.05, 0.1) is 53.2 Å². The number of hydrogen-bond acceptors (Lipinski definition) is 8. The first kappa shape index (κ1) is 32.3. The minimum absolute atomic E-state index is 0.103. The highest BCUT2D eigenvalue weighted by Gasteiger charge is 2.48. The average Bonchev–Trinajstić information content (AvgIpc) is 3.90. The number of hydrogen-bond donors (Lipinski definition) is 0. The predicted molar refractivity (Wildman–Crippen MR) is 194 cm³/mol. The van der Waals surface area contributed by atoms with Crippen LogP contribution in [-0.4, -0.2) is 62.9 Å². The summed E-state index contributed by atoms with van der Waals surface area (Å²) in [5.41, 5.74) is 8.42. The number of amides is 2. The summed E-state index contributed by atoms with van der Waals surface area (Å²) in [6.07, 6.45) is 12.4. The van der Waals surface area contributed by atoms with E-state index in [9.17, 15) is 9.59 Å². The minimum atomic E-state index is -0.519. The summed E-state index contributed by atoms with van der Waals surface area (Å²) in [6.45, 7) is 9.07. The molecule has 7 heterocycles. The van der Waals surface area contributed by atoms with Crippen LogP contribution >= 0.6 is 0 Å². The lowest BCUT2D eigenvalue weighted by atomic mass is 9.86. The molecule has 51 heavy (non-hydrogen) atoms. The molecule has 4 aromatic heterocycles. The third kappa shape index (κ3) is 5.41. The van der Waals surface area contributed by atoms with Crippen LogP contribution in [0.4, 0.5) is 11.4 Å². The van der Waals surface area contributed by atoms with Crippen molar-refractivity contribution in [3.63, 3.8) is 0 Å². The molecule has 2 amide bonds. The summed E-state index contributed by atoms with van der Waals surface area (Å²) < 4.78 is 12.8. The molecule has 0 bridgehead atoms. The van der Waals surface area contributed by atoms with Crippen molar-refractivity contribution in [1.29, 1.82) is 0 Å². The maximum atomic E-state index is 13.0. The van der Waals surface area contributed by atoms with Gasteiger partial charge in [0.2, 0.25) is 17.7 Å². The van der Waals surface area contributed by atoms with E-state index in [-0.39, 0.29) is 17.9 Å². The van der Waals surface area contributed by atoms with Gasteiger partial charge in [-0.25, -0.2) is 9.67 Å². The first-order chi connectivity index (χ1) is 24.5. The summed E-state index contributed by atoms with van der Waals surface area (Å²) in [5.74, 6) is 0.772. The number of aromatic nitrogens is 5. The molecule has 11 nitrogen and oxygen atoms in total. The Morgan fingerprint density at radius 2 is 1.43 bits per heavy atom. The maximum Gasteiger partial charge on any atom is 0.237 e. The lowest BCUT2D eigenvalue weighted by Crippen LogP contribution is -2.52. The van der Waals surface area contributed by atoms with Gasteiger partial charge in [-0.05, 0) is 75.2 Å². The van der Waals surface area contributed by atoms with Crippen LogP contribution in [0.3, 0.4) is 0 Å². The molecule has 256 valence electrons. The van der Waals surface area contributed by atoms with Crippen LogP contribution in [-0.2, 0) is 25.2 Å². The highest BCUT2D eigenvalue weighted by atomic mass is 16.5. The number of oxazole rings is 1. The molecule has 0 N–H and O–H groups in total. The van der Waals surface area contributed by atoms with E-state index in [1.807, 2.05) is 118 Å². The van der Waals surface area contributed by atoms with Gasteiger partial charge in [0.25, 0.3) is 0 Å². The van der Waals surface area contributed by atoms with Crippen LogP contribution in [0.15, 0.2) is 109 Å². The van der Waals surface area contributed by atoms with Gasteiger partial charge in [-0.2, -0.15) is 5.10 Å². The average molecular weight is 680 g/mol. The summed E-state index contributed by atoms with van der Waals surface area (Å²) >= 11 is 0. The Labute approximate surface area is 295 Å². The minimum Gasteiger partial charge on any atom is -0.444 e. The van der Waals surface area contributed by atoms with E-state index in [0.29, 0.717) is 19.1 Å². The van der Waals surface area contributed by atoms with E-state index in [1.54, 1.807) is 29.8 Å². The van der Waals surface area contributed by atoms with Crippen LogP contribution in [0.2, 0.25) is 0 Å². The van der Waals surface area contributed by atoms with Gasteiger partial charge >= 0.3 is 0 Å². The normalized spacial score (nSPS) is 17.1. The molecular formula is C40H37N7O4. The third-order valence-corrected chi connectivity index (χ3v) is 10.1. The third-order valence-electron chi connectivity index (χ3n) is 10.1. The molecule has 0 radical (unpaired) electrons. The van der Waals surface area contributed by atoms with Crippen LogP contribution in [0, 0.1) is 0 Å². The summed E-state index contributed by atoms with van der Waals surface area (Å²) in [7, 11) is 1.81. The largest absolute Gasteiger partial charge is 0.444 e. The highest BCUT2D eigenvalue weighted by Crippen LogP contribution is 2.45. The number of rotatable bonds is 5. The molecule has 0 atom stereocenters. The molecule has 0 saturated carbocycles. The Morgan fingerprint density at radius 1 is 0.745 bits per heavy atom. The fourth-order valence-electron chi connectivity index (χ4n) is 6.97. The Balaban J connectivity index is 0.000000148. The number of benzene rings is 2. The zero-order valence-electron chi connectivity index (χ0n) is 29.1. The Kier molecular flexibility index (Phi) is 7.68. The van der Waals surface area contributed by atoms with Gasteiger partial charge in [0.15, 0.2) is 0 Å². The number of carbonyl (C=O) groups is 2. The van der Waals surface area contributed by atoms with Crippen molar-refractivity contribution in [1.82, 2.24) is 24.7 Å². The number of carbonyl (C=O) groups excluding carboxylic acids is 2. The summed E-state index contributed by atoms with van der Waals surface area (Å²) in [4.78, 5) is 41.8. The second-order valence-corrected chi connectivity index (χ2v) is 14.1. The van der Waals surface area contributed by atoms with Crippen molar-refractivity contribution in [3.05, 3.63) is 115 Å². The van der Waals surface area contributed by atoms with Crippen molar-refractivity contribution < 1.29 is 18.7 Å².